The first-order valence-corrected chi connectivity index (χ1v) is 7.05. The smallest absolute Gasteiger partial charge is 0.269 e. The van der Waals surface area contributed by atoms with Crippen LogP contribution in [0.2, 0.25) is 0 Å². The van der Waals surface area contributed by atoms with Crippen molar-refractivity contribution in [3.8, 4) is 0 Å². The Bertz CT molecular complexity index is 463. The lowest BCUT2D eigenvalue weighted by Gasteiger charge is -2.08. The van der Waals surface area contributed by atoms with E-state index >= 15 is 0 Å². The zero-order valence-electron chi connectivity index (χ0n) is 11.0. The second-order valence-corrected chi connectivity index (χ2v) is 5.08. The Hall–Kier alpha value is -1.15. The van der Waals surface area contributed by atoms with Gasteiger partial charge in [0.2, 0.25) is 5.91 Å². The van der Waals surface area contributed by atoms with Crippen LogP contribution in [0, 0.1) is 10.5 Å². The highest BCUT2D eigenvalue weighted by molar-refractivity contribution is 14.1. The van der Waals surface area contributed by atoms with Crippen molar-refractivity contribution in [1.29, 1.82) is 0 Å². The summed E-state index contributed by atoms with van der Waals surface area (Å²) in [7, 11) is 0. The van der Waals surface area contributed by atoms with E-state index in [0.717, 1.165) is 9.13 Å². The van der Waals surface area contributed by atoms with Crippen molar-refractivity contribution in [2.24, 2.45) is 0 Å². The van der Waals surface area contributed by atoms with E-state index in [0.29, 0.717) is 18.8 Å². The van der Waals surface area contributed by atoms with Crippen molar-refractivity contribution in [2.45, 2.75) is 20.3 Å². The molecule has 104 valence electrons. The predicted octanol–water partition coefficient (Wildman–Crippen LogP) is 1.79. The number of carbonyl (C=O) groups is 2. The standard InChI is InChI=1S/C13H17IN2O3/c1-3-19-7-6-12(17)15-16-13(18)10-5-4-9(2)11(14)8-10/h4-5,8H,3,6-7H2,1-2H3,(H,15,17)(H,16,18). The Morgan fingerprint density at radius 1 is 1.32 bits per heavy atom. The van der Waals surface area contributed by atoms with Gasteiger partial charge in [-0.3, -0.25) is 20.4 Å². The first-order chi connectivity index (χ1) is 9.04. The first-order valence-electron chi connectivity index (χ1n) is 5.97. The van der Waals surface area contributed by atoms with Gasteiger partial charge in [-0.1, -0.05) is 6.07 Å². The molecule has 1 aromatic carbocycles. The molecule has 0 unspecified atom stereocenters. The fraction of sp³-hybridized carbons (Fsp3) is 0.385. The molecule has 0 saturated carbocycles. The van der Waals surface area contributed by atoms with Crippen LogP contribution < -0.4 is 10.9 Å². The van der Waals surface area contributed by atoms with Gasteiger partial charge in [0, 0.05) is 15.7 Å². The Morgan fingerprint density at radius 3 is 2.68 bits per heavy atom. The summed E-state index contributed by atoms with van der Waals surface area (Å²) < 4.78 is 6.06. The van der Waals surface area contributed by atoms with Gasteiger partial charge in [0.15, 0.2) is 0 Å². The molecule has 0 atom stereocenters. The van der Waals surface area contributed by atoms with E-state index in [9.17, 15) is 9.59 Å². The molecule has 1 rings (SSSR count). The molecule has 0 fully saturated rings. The molecular formula is C13H17IN2O3. The molecule has 1 aromatic rings. The van der Waals surface area contributed by atoms with Crippen LogP contribution in [0.15, 0.2) is 18.2 Å². The van der Waals surface area contributed by atoms with Crippen LogP contribution in [0.1, 0.15) is 29.3 Å². The highest BCUT2D eigenvalue weighted by Gasteiger charge is 2.08. The van der Waals surface area contributed by atoms with Crippen molar-refractivity contribution >= 4 is 34.4 Å². The summed E-state index contributed by atoms with van der Waals surface area (Å²) in [5.41, 5.74) is 6.35. The molecule has 0 saturated heterocycles. The number of nitrogens with one attached hydrogen (secondary N) is 2. The van der Waals surface area contributed by atoms with Crippen molar-refractivity contribution in [2.75, 3.05) is 13.2 Å². The van der Waals surface area contributed by atoms with E-state index in [1.807, 2.05) is 19.9 Å². The summed E-state index contributed by atoms with van der Waals surface area (Å²) in [6.07, 6.45) is 0.222. The summed E-state index contributed by atoms with van der Waals surface area (Å²) in [4.78, 5) is 23.1. The second kappa shape index (κ2) is 8.11. The van der Waals surface area contributed by atoms with E-state index in [1.165, 1.54) is 0 Å². The van der Waals surface area contributed by atoms with Crippen LogP contribution in [0.3, 0.4) is 0 Å². The van der Waals surface area contributed by atoms with E-state index < -0.39 is 0 Å². The van der Waals surface area contributed by atoms with Crippen LogP contribution in [0.25, 0.3) is 0 Å². The average molecular weight is 376 g/mol. The predicted molar refractivity (Wildman–Crippen MR) is 80.6 cm³/mol. The highest BCUT2D eigenvalue weighted by atomic mass is 127. The maximum absolute atomic E-state index is 11.8. The number of carbonyl (C=O) groups excluding carboxylic acids is 2. The Balaban J connectivity index is 2.42. The maximum Gasteiger partial charge on any atom is 0.269 e. The van der Waals surface area contributed by atoms with Gasteiger partial charge in [-0.25, -0.2) is 0 Å². The molecule has 0 aliphatic carbocycles. The third-order valence-electron chi connectivity index (χ3n) is 2.43. The SMILES string of the molecule is CCOCCC(=O)NNC(=O)c1ccc(C)c(I)c1. The number of aryl methyl sites for hydroxylation is 1. The van der Waals surface area contributed by atoms with Crippen molar-refractivity contribution < 1.29 is 14.3 Å². The molecule has 0 bridgehead atoms. The molecular weight excluding hydrogens is 359 g/mol. The van der Waals surface area contributed by atoms with Crippen LogP contribution in [-0.2, 0) is 9.53 Å². The minimum Gasteiger partial charge on any atom is -0.381 e. The molecule has 0 aliphatic rings. The summed E-state index contributed by atoms with van der Waals surface area (Å²) in [6, 6.07) is 5.37. The quantitative estimate of drug-likeness (QED) is 0.468. The fourth-order valence-electron chi connectivity index (χ4n) is 1.30. The fourth-order valence-corrected chi connectivity index (χ4v) is 1.82. The molecule has 2 N–H and O–H groups in total. The number of halogens is 1. The monoisotopic (exact) mass is 376 g/mol. The minimum absolute atomic E-state index is 0.222. The Labute approximate surface area is 126 Å². The normalized spacial score (nSPS) is 10.1. The van der Waals surface area contributed by atoms with Gasteiger partial charge in [-0.15, -0.1) is 0 Å². The Kier molecular flexibility index (Phi) is 6.79. The first kappa shape index (κ1) is 15.9. The zero-order chi connectivity index (χ0) is 14.3. The molecule has 19 heavy (non-hydrogen) atoms. The summed E-state index contributed by atoms with van der Waals surface area (Å²) >= 11 is 2.16. The summed E-state index contributed by atoms with van der Waals surface area (Å²) in [5.74, 6) is -0.605. The van der Waals surface area contributed by atoms with Crippen LogP contribution in [-0.4, -0.2) is 25.0 Å². The van der Waals surface area contributed by atoms with Crippen molar-refractivity contribution in [3.63, 3.8) is 0 Å². The molecule has 6 heteroatoms. The molecule has 5 nitrogen and oxygen atoms in total. The lowest BCUT2D eigenvalue weighted by Crippen LogP contribution is -2.42. The van der Waals surface area contributed by atoms with Crippen molar-refractivity contribution in [3.05, 3.63) is 32.9 Å². The molecule has 0 spiro atoms. The summed E-state index contributed by atoms with van der Waals surface area (Å²) in [6.45, 7) is 4.75. The summed E-state index contributed by atoms with van der Waals surface area (Å²) in [5, 5.41) is 0. The van der Waals surface area contributed by atoms with Gasteiger partial charge < -0.3 is 4.74 Å². The number of hydrogen-bond acceptors (Lipinski definition) is 3. The molecule has 0 aromatic heterocycles. The number of amides is 2. The van der Waals surface area contributed by atoms with Crippen LogP contribution in [0.4, 0.5) is 0 Å². The van der Waals surface area contributed by atoms with Gasteiger partial charge >= 0.3 is 0 Å². The van der Waals surface area contributed by atoms with E-state index in [2.05, 4.69) is 33.4 Å². The van der Waals surface area contributed by atoms with Gasteiger partial charge in [0.25, 0.3) is 5.91 Å². The van der Waals surface area contributed by atoms with Gasteiger partial charge in [0.1, 0.15) is 0 Å². The average Bonchev–Trinajstić information content (AvgIpc) is 2.39. The lowest BCUT2D eigenvalue weighted by molar-refractivity contribution is -0.122. The topological polar surface area (TPSA) is 67.4 Å². The van der Waals surface area contributed by atoms with Gasteiger partial charge in [-0.2, -0.15) is 0 Å². The molecule has 2 amide bonds. The van der Waals surface area contributed by atoms with Crippen LogP contribution in [0.5, 0.6) is 0 Å². The van der Waals surface area contributed by atoms with E-state index in [4.69, 9.17) is 4.74 Å². The van der Waals surface area contributed by atoms with Crippen LogP contribution >= 0.6 is 22.6 Å². The molecule has 0 aliphatic heterocycles. The minimum atomic E-state index is -0.331. The molecule has 0 radical (unpaired) electrons. The largest absolute Gasteiger partial charge is 0.381 e. The zero-order valence-corrected chi connectivity index (χ0v) is 13.1. The van der Waals surface area contributed by atoms with E-state index in [1.54, 1.807) is 12.1 Å². The lowest BCUT2D eigenvalue weighted by atomic mass is 10.1. The van der Waals surface area contributed by atoms with Crippen molar-refractivity contribution in [1.82, 2.24) is 10.9 Å². The third-order valence-corrected chi connectivity index (χ3v) is 3.59. The van der Waals surface area contributed by atoms with Gasteiger partial charge in [0.05, 0.1) is 13.0 Å². The number of ether oxygens (including phenoxy) is 1. The highest BCUT2D eigenvalue weighted by Crippen LogP contribution is 2.13. The number of rotatable bonds is 5. The number of hydrazine groups is 1. The number of benzene rings is 1. The maximum atomic E-state index is 11.8. The third kappa shape index (κ3) is 5.56. The second-order valence-electron chi connectivity index (χ2n) is 3.91. The molecule has 0 heterocycles. The Morgan fingerprint density at radius 2 is 2.05 bits per heavy atom. The van der Waals surface area contributed by atoms with E-state index in [-0.39, 0.29) is 18.2 Å². The van der Waals surface area contributed by atoms with Gasteiger partial charge in [-0.05, 0) is 54.1 Å². The number of hydrogen-bond donors (Lipinski definition) is 2.